The van der Waals surface area contributed by atoms with Crippen molar-refractivity contribution < 1.29 is 32.2 Å². The van der Waals surface area contributed by atoms with Crippen LogP contribution in [-0.2, 0) is 19.4 Å². The number of aliphatic hydroxyl groups is 2. The lowest BCUT2D eigenvalue weighted by Gasteiger charge is -2.23. The molecule has 0 aliphatic carbocycles. The average Bonchev–Trinajstić information content (AvgIpc) is 2.95. The smallest absolute Gasteiger partial charge is 0.387 e. The van der Waals surface area contributed by atoms with Crippen molar-refractivity contribution >= 4 is 16.3 Å². The zero-order valence-electron chi connectivity index (χ0n) is 28.0. The SMILES string of the molecule is CCC(C)CCCCCCCC[C@@H](O)C(=O)N[C@@H](COS(=O)(=O)O)[C@H](O)/C=C/CCCCCCCCCCCCC(C)C. The molecular weight excluding hydrogens is 566 g/mol. The summed E-state index contributed by atoms with van der Waals surface area (Å²) in [6.07, 6.45) is 24.4. The molecule has 9 heteroatoms. The first-order chi connectivity index (χ1) is 20.5. The van der Waals surface area contributed by atoms with E-state index in [4.69, 9.17) is 4.55 Å². The van der Waals surface area contributed by atoms with Crippen molar-refractivity contribution in [3.05, 3.63) is 12.2 Å². The Morgan fingerprint density at radius 1 is 0.744 bits per heavy atom. The van der Waals surface area contributed by atoms with Gasteiger partial charge in [0.1, 0.15) is 6.10 Å². The predicted molar refractivity (Wildman–Crippen MR) is 177 cm³/mol. The summed E-state index contributed by atoms with van der Waals surface area (Å²) in [6.45, 7) is 8.42. The number of nitrogens with one attached hydrogen (secondary N) is 1. The van der Waals surface area contributed by atoms with Crippen molar-refractivity contribution in [3.63, 3.8) is 0 Å². The van der Waals surface area contributed by atoms with Crippen molar-refractivity contribution in [1.82, 2.24) is 5.32 Å². The Bertz CT molecular complexity index is 788. The number of unbranched alkanes of at least 4 members (excludes halogenated alkanes) is 15. The molecule has 4 N–H and O–H groups in total. The summed E-state index contributed by atoms with van der Waals surface area (Å²) >= 11 is 0. The maximum Gasteiger partial charge on any atom is 0.397 e. The van der Waals surface area contributed by atoms with Crippen LogP contribution < -0.4 is 5.32 Å². The summed E-state index contributed by atoms with van der Waals surface area (Å²) in [5.74, 6) is 0.889. The van der Waals surface area contributed by atoms with Gasteiger partial charge in [-0.2, -0.15) is 8.42 Å². The number of hydrogen-bond donors (Lipinski definition) is 4. The highest BCUT2D eigenvalue weighted by atomic mass is 32.3. The normalized spacial score (nSPS) is 15.2. The van der Waals surface area contributed by atoms with Crippen LogP contribution in [-0.4, -0.2) is 53.9 Å². The van der Waals surface area contributed by atoms with Crippen molar-refractivity contribution in [3.8, 4) is 0 Å². The molecule has 0 aromatic carbocycles. The van der Waals surface area contributed by atoms with Gasteiger partial charge in [-0.15, -0.1) is 0 Å². The fourth-order valence-electron chi connectivity index (χ4n) is 5.14. The van der Waals surface area contributed by atoms with Crippen LogP contribution in [0.2, 0.25) is 0 Å². The van der Waals surface area contributed by atoms with Crippen molar-refractivity contribution in [2.24, 2.45) is 11.8 Å². The summed E-state index contributed by atoms with van der Waals surface area (Å²) in [6, 6.07) is -1.13. The molecule has 0 spiro atoms. The van der Waals surface area contributed by atoms with E-state index in [-0.39, 0.29) is 6.42 Å². The van der Waals surface area contributed by atoms with E-state index in [1.807, 2.05) is 6.08 Å². The van der Waals surface area contributed by atoms with Crippen molar-refractivity contribution in [2.45, 2.75) is 181 Å². The summed E-state index contributed by atoms with van der Waals surface area (Å²) in [5.41, 5.74) is 0. The molecule has 1 amide bonds. The zero-order chi connectivity index (χ0) is 32.3. The summed E-state index contributed by atoms with van der Waals surface area (Å²) in [5, 5.41) is 23.4. The number of hydrogen-bond acceptors (Lipinski definition) is 6. The minimum Gasteiger partial charge on any atom is -0.387 e. The van der Waals surface area contributed by atoms with E-state index in [9.17, 15) is 23.4 Å². The number of amides is 1. The molecule has 43 heavy (non-hydrogen) atoms. The van der Waals surface area contributed by atoms with Gasteiger partial charge in [0.05, 0.1) is 18.8 Å². The third-order valence-electron chi connectivity index (χ3n) is 8.30. The Morgan fingerprint density at radius 3 is 1.70 bits per heavy atom. The maximum atomic E-state index is 12.5. The number of rotatable bonds is 30. The third-order valence-corrected chi connectivity index (χ3v) is 8.73. The number of aliphatic hydroxyl groups excluding tert-OH is 2. The molecule has 8 nitrogen and oxygen atoms in total. The van der Waals surface area contributed by atoms with Crippen LogP contribution in [0.25, 0.3) is 0 Å². The molecule has 0 heterocycles. The van der Waals surface area contributed by atoms with Crippen LogP contribution in [0.4, 0.5) is 0 Å². The fourth-order valence-corrected chi connectivity index (χ4v) is 5.45. The summed E-state index contributed by atoms with van der Waals surface area (Å²) in [7, 11) is -4.74. The average molecular weight is 634 g/mol. The molecule has 0 aliphatic rings. The summed E-state index contributed by atoms with van der Waals surface area (Å²) < 4.78 is 35.5. The first-order valence-electron chi connectivity index (χ1n) is 17.4. The van der Waals surface area contributed by atoms with Crippen LogP contribution >= 0.6 is 0 Å². The monoisotopic (exact) mass is 633 g/mol. The molecule has 0 aromatic rings. The van der Waals surface area contributed by atoms with Crippen LogP contribution in [0.15, 0.2) is 12.2 Å². The summed E-state index contributed by atoms with van der Waals surface area (Å²) in [4.78, 5) is 12.5. The molecule has 0 saturated carbocycles. The molecule has 1 unspecified atom stereocenters. The topological polar surface area (TPSA) is 133 Å². The maximum absolute atomic E-state index is 12.5. The van der Waals surface area contributed by atoms with Crippen LogP contribution in [0.5, 0.6) is 0 Å². The molecule has 0 radical (unpaired) electrons. The lowest BCUT2D eigenvalue weighted by Crippen LogP contribution is -2.49. The van der Waals surface area contributed by atoms with Gasteiger partial charge in [0.2, 0.25) is 5.91 Å². The van der Waals surface area contributed by atoms with E-state index >= 15 is 0 Å². The second-order valence-corrected chi connectivity index (χ2v) is 14.1. The van der Waals surface area contributed by atoms with Crippen LogP contribution in [0, 0.1) is 11.8 Å². The lowest BCUT2D eigenvalue weighted by molar-refractivity contribution is -0.131. The third kappa shape index (κ3) is 28.2. The molecule has 0 saturated heterocycles. The standard InChI is InChI=1S/C34H67NO7S/c1-5-30(4)25-21-17-14-15-19-23-27-33(37)34(38)35-31(28-42-43(39,40)41)32(36)26-22-18-13-11-9-7-6-8-10-12-16-20-24-29(2)3/h22,26,29-33,36-37H,5-21,23-25,27-28H2,1-4H3,(H,35,38)(H,39,40,41)/b26-22+/t30?,31-,32+,33+/m0/s1. The Balaban J connectivity index is 4.25. The Labute approximate surface area is 264 Å². The Kier molecular flexibility index (Phi) is 26.7. The van der Waals surface area contributed by atoms with Gasteiger partial charge in [0, 0.05) is 0 Å². The molecule has 4 atom stereocenters. The van der Waals surface area contributed by atoms with E-state index < -0.39 is 41.2 Å². The number of allylic oxidation sites excluding steroid dienone is 1. The largest absolute Gasteiger partial charge is 0.397 e. The number of carbonyl (C=O) groups is 1. The fraction of sp³-hybridized carbons (Fsp3) is 0.912. The lowest BCUT2D eigenvalue weighted by atomic mass is 9.99. The van der Waals surface area contributed by atoms with Gasteiger partial charge in [0.15, 0.2) is 0 Å². The van der Waals surface area contributed by atoms with Gasteiger partial charge in [-0.05, 0) is 31.1 Å². The van der Waals surface area contributed by atoms with Gasteiger partial charge >= 0.3 is 10.4 Å². The minimum absolute atomic E-state index is 0.287. The van der Waals surface area contributed by atoms with E-state index in [0.717, 1.165) is 50.4 Å². The second kappa shape index (κ2) is 27.3. The van der Waals surface area contributed by atoms with Crippen LogP contribution in [0.1, 0.15) is 163 Å². The molecule has 0 rings (SSSR count). The molecule has 256 valence electrons. The molecule has 0 aromatic heterocycles. The first-order valence-corrected chi connectivity index (χ1v) is 18.8. The Hall–Kier alpha value is -1.00. The molecule has 0 fully saturated rings. The van der Waals surface area contributed by atoms with E-state index in [1.54, 1.807) is 0 Å². The number of carbonyl (C=O) groups excluding carboxylic acids is 1. The van der Waals surface area contributed by atoms with Crippen LogP contribution in [0.3, 0.4) is 0 Å². The second-order valence-electron chi connectivity index (χ2n) is 13.0. The van der Waals surface area contributed by atoms with Gasteiger partial charge in [0.25, 0.3) is 0 Å². The molecule has 0 bridgehead atoms. The highest BCUT2D eigenvalue weighted by molar-refractivity contribution is 7.80. The highest BCUT2D eigenvalue weighted by Crippen LogP contribution is 2.16. The highest BCUT2D eigenvalue weighted by Gasteiger charge is 2.25. The Morgan fingerprint density at radius 2 is 1.21 bits per heavy atom. The van der Waals surface area contributed by atoms with E-state index in [0.29, 0.717) is 6.42 Å². The zero-order valence-corrected chi connectivity index (χ0v) is 28.8. The van der Waals surface area contributed by atoms with Gasteiger partial charge < -0.3 is 15.5 Å². The molecular formula is C34H67NO7S. The van der Waals surface area contributed by atoms with Gasteiger partial charge in [-0.1, -0.05) is 155 Å². The first kappa shape index (κ1) is 42.0. The quantitative estimate of drug-likeness (QED) is 0.0357. The molecule has 0 aliphatic heterocycles. The minimum atomic E-state index is -4.74. The predicted octanol–water partition coefficient (Wildman–Crippen LogP) is 8.07. The van der Waals surface area contributed by atoms with Gasteiger partial charge in [-0.25, -0.2) is 4.18 Å². The van der Waals surface area contributed by atoms with Gasteiger partial charge in [-0.3, -0.25) is 9.35 Å². The van der Waals surface area contributed by atoms with Crippen molar-refractivity contribution in [2.75, 3.05) is 6.61 Å². The van der Waals surface area contributed by atoms with E-state index in [1.165, 1.54) is 89.5 Å². The van der Waals surface area contributed by atoms with E-state index in [2.05, 4.69) is 37.2 Å². The van der Waals surface area contributed by atoms with Crippen molar-refractivity contribution in [1.29, 1.82) is 0 Å².